The first-order chi connectivity index (χ1) is 15.1. The molecule has 6 heteroatoms. The predicted molar refractivity (Wildman–Crippen MR) is 117 cm³/mol. The molecule has 1 aliphatic carbocycles. The summed E-state index contributed by atoms with van der Waals surface area (Å²) in [5, 5.41) is 0. The van der Waals surface area contributed by atoms with Crippen LogP contribution in [-0.2, 0) is 5.41 Å². The van der Waals surface area contributed by atoms with Gasteiger partial charge in [-0.1, -0.05) is 30.3 Å². The van der Waals surface area contributed by atoms with Gasteiger partial charge in [0.1, 0.15) is 17.4 Å². The van der Waals surface area contributed by atoms with Gasteiger partial charge in [-0.15, -0.1) is 0 Å². The zero-order valence-electron chi connectivity index (χ0n) is 17.4. The van der Waals surface area contributed by atoms with Crippen LogP contribution in [0.25, 0.3) is 11.0 Å². The first-order valence-corrected chi connectivity index (χ1v) is 10.2. The Kier molecular flexibility index (Phi) is 4.77. The highest BCUT2D eigenvalue weighted by molar-refractivity contribution is 5.75. The number of H-pyrrole nitrogens is 1. The third-order valence-electron chi connectivity index (χ3n) is 6.07. The Balaban J connectivity index is 1.44. The molecule has 0 radical (unpaired) electrons. The fourth-order valence-electron chi connectivity index (χ4n) is 4.28. The maximum atomic E-state index is 13.6. The minimum atomic E-state index is -0.285. The standard InChI is InChI=1S/C25H23FN2O3/c1-29-22-11-9-18(13-23(22)30-2)31-15-25(16-6-4-3-5-7-16)14-19(25)24-27-20-10-8-17(26)12-21(20)28-24/h3-13,19H,14-15H2,1-2H3,(H,27,28)/t19-,25+/m0/s1. The Morgan fingerprint density at radius 1 is 1.00 bits per heavy atom. The van der Waals surface area contributed by atoms with Crippen molar-refractivity contribution >= 4 is 11.0 Å². The molecular weight excluding hydrogens is 395 g/mol. The van der Waals surface area contributed by atoms with Gasteiger partial charge in [0.25, 0.3) is 0 Å². The molecule has 1 N–H and O–H groups in total. The number of ether oxygens (including phenoxy) is 3. The molecule has 1 heterocycles. The highest BCUT2D eigenvalue weighted by atomic mass is 19.1. The summed E-state index contributed by atoms with van der Waals surface area (Å²) in [6.07, 6.45) is 0.895. The van der Waals surface area contributed by atoms with Crippen molar-refractivity contribution in [3.63, 3.8) is 0 Å². The van der Waals surface area contributed by atoms with Crippen molar-refractivity contribution in [3.8, 4) is 17.2 Å². The fraction of sp³-hybridized carbons (Fsp3) is 0.240. The Morgan fingerprint density at radius 2 is 1.81 bits per heavy atom. The third kappa shape index (κ3) is 3.48. The first-order valence-electron chi connectivity index (χ1n) is 10.2. The molecule has 0 amide bonds. The molecule has 0 spiro atoms. The van der Waals surface area contributed by atoms with Crippen LogP contribution in [0.15, 0.2) is 66.7 Å². The fourth-order valence-corrected chi connectivity index (χ4v) is 4.28. The minimum absolute atomic E-state index is 0.158. The van der Waals surface area contributed by atoms with Crippen LogP contribution in [0, 0.1) is 5.82 Å². The van der Waals surface area contributed by atoms with E-state index in [0.717, 1.165) is 17.8 Å². The molecule has 0 unspecified atom stereocenters. The van der Waals surface area contributed by atoms with E-state index in [1.54, 1.807) is 20.3 Å². The lowest BCUT2D eigenvalue weighted by Gasteiger charge is -2.19. The topological polar surface area (TPSA) is 56.4 Å². The summed E-state index contributed by atoms with van der Waals surface area (Å²) in [6, 6.07) is 20.5. The van der Waals surface area contributed by atoms with Crippen molar-refractivity contribution in [2.24, 2.45) is 0 Å². The lowest BCUT2D eigenvalue weighted by molar-refractivity contribution is 0.270. The van der Waals surface area contributed by atoms with Crippen LogP contribution in [-0.4, -0.2) is 30.8 Å². The van der Waals surface area contributed by atoms with Crippen LogP contribution in [0.1, 0.15) is 23.7 Å². The molecule has 0 saturated heterocycles. The molecule has 2 atom stereocenters. The second kappa shape index (κ2) is 7.61. The summed E-state index contributed by atoms with van der Waals surface area (Å²) >= 11 is 0. The van der Waals surface area contributed by atoms with Crippen molar-refractivity contribution in [2.45, 2.75) is 17.8 Å². The number of imidazole rings is 1. The monoisotopic (exact) mass is 418 g/mol. The second-order valence-corrected chi connectivity index (χ2v) is 7.87. The smallest absolute Gasteiger partial charge is 0.164 e. The molecule has 3 aromatic carbocycles. The van der Waals surface area contributed by atoms with Crippen LogP contribution in [0.5, 0.6) is 17.2 Å². The first kappa shape index (κ1) is 19.4. The molecule has 158 valence electrons. The lowest BCUT2D eigenvalue weighted by atomic mass is 9.94. The molecule has 1 aromatic heterocycles. The maximum Gasteiger partial charge on any atom is 0.164 e. The van der Waals surface area contributed by atoms with Crippen LogP contribution < -0.4 is 14.2 Å². The summed E-state index contributed by atoms with van der Waals surface area (Å²) in [5.74, 6) is 2.73. The SMILES string of the molecule is COc1ccc(OC[C@@]2(c3ccccc3)C[C@H]2c2nc3cc(F)ccc3[nH]2)cc1OC. The van der Waals surface area contributed by atoms with Gasteiger partial charge in [-0.05, 0) is 36.2 Å². The summed E-state index contributed by atoms with van der Waals surface area (Å²) in [4.78, 5) is 8.04. The molecule has 1 aliphatic rings. The van der Waals surface area contributed by atoms with Crippen LogP contribution in [0.3, 0.4) is 0 Å². The predicted octanol–water partition coefficient (Wildman–Crippen LogP) is 5.22. The Bertz CT molecular complexity index is 1220. The molecule has 0 bridgehead atoms. The third-order valence-corrected chi connectivity index (χ3v) is 6.07. The van der Waals surface area contributed by atoms with Crippen molar-refractivity contribution in [1.82, 2.24) is 9.97 Å². The lowest BCUT2D eigenvalue weighted by Crippen LogP contribution is -2.20. The molecule has 5 nitrogen and oxygen atoms in total. The van der Waals surface area contributed by atoms with E-state index in [2.05, 4.69) is 22.1 Å². The van der Waals surface area contributed by atoms with E-state index in [0.29, 0.717) is 29.4 Å². The molecule has 0 aliphatic heterocycles. The van der Waals surface area contributed by atoms with Gasteiger partial charge in [0, 0.05) is 23.5 Å². The van der Waals surface area contributed by atoms with Gasteiger partial charge in [-0.25, -0.2) is 9.37 Å². The summed E-state index contributed by atoms with van der Waals surface area (Å²) < 4.78 is 30.6. The van der Waals surface area contributed by atoms with E-state index in [1.807, 2.05) is 36.4 Å². The van der Waals surface area contributed by atoms with E-state index in [1.165, 1.54) is 17.7 Å². The van der Waals surface area contributed by atoms with Crippen LogP contribution >= 0.6 is 0 Å². The number of fused-ring (bicyclic) bond motifs is 1. The zero-order chi connectivity index (χ0) is 21.4. The highest BCUT2D eigenvalue weighted by Crippen LogP contribution is 2.60. The van der Waals surface area contributed by atoms with Gasteiger partial charge in [0.2, 0.25) is 0 Å². The normalized spacial score (nSPS) is 19.9. The average Bonchev–Trinajstić information content (AvgIpc) is 3.41. The number of rotatable bonds is 7. The van der Waals surface area contributed by atoms with Crippen molar-refractivity contribution in [3.05, 3.63) is 83.9 Å². The highest BCUT2D eigenvalue weighted by Gasteiger charge is 2.58. The van der Waals surface area contributed by atoms with Crippen molar-refractivity contribution in [1.29, 1.82) is 0 Å². The summed E-state index contributed by atoms with van der Waals surface area (Å²) in [6.45, 7) is 0.489. The van der Waals surface area contributed by atoms with E-state index in [4.69, 9.17) is 14.2 Å². The number of methoxy groups -OCH3 is 2. The molecule has 1 saturated carbocycles. The van der Waals surface area contributed by atoms with Gasteiger partial charge in [0.15, 0.2) is 11.5 Å². The number of aromatic nitrogens is 2. The Morgan fingerprint density at radius 3 is 2.58 bits per heavy atom. The number of benzene rings is 3. The van der Waals surface area contributed by atoms with Crippen molar-refractivity contribution < 1.29 is 18.6 Å². The number of nitrogens with one attached hydrogen (secondary N) is 1. The largest absolute Gasteiger partial charge is 0.493 e. The van der Waals surface area contributed by atoms with E-state index < -0.39 is 0 Å². The summed E-state index contributed by atoms with van der Waals surface area (Å²) in [7, 11) is 3.21. The van der Waals surface area contributed by atoms with Gasteiger partial charge in [-0.3, -0.25) is 0 Å². The second-order valence-electron chi connectivity index (χ2n) is 7.87. The van der Waals surface area contributed by atoms with E-state index in [-0.39, 0.29) is 17.2 Å². The molecule has 31 heavy (non-hydrogen) atoms. The molecule has 1 fully saturated rings. The number of nitrogens with zero attached hydrogens (tertiary/aromatic N) is 1. The van der Waals surface area contributed by atoms with Gasteiger partial charge >= 0.3 is 0 Å². The average molecular weight is 418 g/mol. The van der Waals surface area contributed by atoms with Crippen molar-refractivity contribution in [2.75, 3.05) is 20.8 Å². The Labute approximate surface area is 179 Å². The van der Waals surface area contributed by atoms with E-state index in [9.17, 15) is 4.39 Å². The molecular formula is C25H23FN2O3. The number of halogens is 1. The minimum Gasteiger partial charge on any atom is -0.493 e. The summed E-state index contributed by atoms with van der Waals surface area (Å²) in [5.41, 5.74) is 2.48. The number of hydrogen-bond donors (Lipinski definition) is 1. The van der Waals surface area contributed by atoms with Gasteiger partial charge < -0.3 is 19.2 Å². The zero-order valence-corrected chi connectivity index (χ0v) is 17.4. The van der Waals surface area contributed by atoms with E-state index >= 15 is 0 Å². The van der Waals surface area contributed by atoms with Crippen LogP contribution in [0.4, 0.5) is 4.39 Å². The number of aromatic amines is 1. The van der Waals surface area contributed by atoms with Crippen LogP contribution in [0.2, 0.25) is 0 Å². The molecule has 4 aromatic rings. The quantitative estimate of drug-likeness (QED) is 0.447. The van der Waals surface area contributed by atoms with Gasteiger partial charge in [-0.2, -0.15) is 0 Å². The maximum absolute atomic E-state index is 13.6. The Hall–Kier alpha value is -3.54. The number of hydrogen-bond acceptors (Lipinski definition) is 4. The molecule has 5 rings (SSSR count). The van der Waals surface area contributed by atoms with Gasteiger partial charge in [0.05, 0.1) is 31.9 Å².